The summed E-state index contributed by atoms with van der Waals surface area (Å²) in [5.41, 5.74) is 0. The predicted molar refractivity (Wildman–Crippen MR) is 69.7 cm³/mol. The van der Waals surface area contributed by atoms with E-state index in [-0.39, 0.29) is 0 Å². The van der Waals surface area contributed by atoms with Crippen molar-refractivity contribution in [1.29, 1.82) is 0 Å². The zero-order valence-corrected chi connectivity index (χ0v) is 12.4. The Bertz CT molecular complexity index is 467. The number of carboxylic acids is 2. The summed E-state index contributed by atoms with van der Waals surface area (Å²) in [4.78, 5) is 22.0. The van der Waals surface area contributed by atoms with Crippen molar-refractivity contribution in [2.75, 3.05) is 0 Å². The zero-order valence-electron chi connectivity index (χ0n) is 12.4. The van der Waals surface area contributed by atoms with Crippen LogP contribution in [-0.2, 0) is 23.8 Å². The van der Waals surface area contributed by atoms with Crippen LogP contribution >= 0.6 is 0 Å². The van der Waals surface area contributed by atoms with Crippen LogP contribution in [0.25, 0.3) is 0 Å². The highest BCUT2D eigenvalue weighted by Gasteiger charge is 2.52. The second-order valence-electron chi connectivity index (χ2n) is 5.61. The van der Waals surface area contributed by atoms with Gasteiger partial charge in [-0.1, -0.05) is 0 Å². The first-order valence-electron chi connectivity index (χ1n) is 7.06. The van der Waals surface area contributed by atoms with E-state index in [1.807, 2.05) is 0 Å². The van der Waals surface area contributed by atoms with Gasteiger partial charge in [-0.3, -0.25) is 0 Å². The Labute approximate surface area is 139 Å². The minimum Gasteiger partial charge on any atom is -0.479 e. The highest BCUT2D eigenvalue weighted by Crippen LogP contribution is 2.28. The van der Waals surface area contributed by atoms with Crippen molar-refractivity contribution in [2.24, 2.45) is 0 Å². The molecule has 0 spiro atoms. The number of hydrogen-bond donors (Lipinski definition) is 8. The van der Waals surface area contributed by atoms with E-state index in [9.17, 15) is 40.2 Å². The fraction of sp³-hybridized carbons (Fsp3) is 0.833. The average molecular weight is 370 g/mol. The van der Waals surface area contributed by atoms with Gasteiger partial charge in [0.2, 0.25) is 0 Å². The van der Waals surface area contributed by atoms with Crippen LogP contribution in [0.1, 0.15) is 0 Å². The average Bonchev–Trinajstić information content (AvgIpc) is 2.54. The fourth-order valence-electron chi connectivity index (χ4n) is 2.46. The van der Waals surface area contributed by atoms with Crippen LogP contribution in [0.3, 0.4) is 0 Å². The second kappa shape index (κ2) is 7.45. The molecule has 0 radical (unpaired) electrons. The molecule has 2 saturated heterocycles. The second-order valence-corrected chi connectivity index (χ2v) is 5.61. The minimum absolute atomic E-state index is 1.68. The van der Waals surface area contributed by atoms with Crippen LogP contribution < -0.4 is 0 Å². The lowest BCUT2D eigenvalue weighted by Gasteiger charge is -2.43. The summed E-state index contributed by atoms with van der Waals surface area (Å²) in [7, 11) is 0. The summed E-state index contributed by atoms with van der Waals surface area (Å²) in [5, 5.41) is 75.8. The van der Waals surface area contributed by atoms with Gasteiger partial charge in [-0.15, -0.1) is 0 Å². The predicted octanol–water partition coefficient (Wildman–Crippen LogP) is -5.21. The van der Waals surface area contributed by atoms with Gasteiger partial charge in [0.05, 0.1) is 0 Å². The number of aliphatic carboxylic acids is 2. The van der Waals surface area contributed by atoms with Crippen molar-refractivity contribution < 1.29 is 64.7 Å². The summed E-state index contributed by atoms with van der Waals surface area (Å²) in [6, 6.07) is 0. The number of rotatable bonds is 4. The van der Waals surface area contributed by atoms with E-state index in [4.69, 9.17) is 24.4 Å². The van der Waals surface area contributed by atoms with Crippen LogP contribution in [0.15, 0.2) is 0 Å². The molecule has 13 nitrogen and oxygen atoms in total. The van der Waals surface area contributed by atoms with Gasteiger partial charge in [-0.2, -0.15) is 0 Å². The van der Waals surface area contributed by atoms with E-state index < -0.39 is 73.4 Å². The van der Waals surface area contributed by atoms with Gasteiger partial charge in [0.25, 0.3) is 0 Å². The Kier molecular flexibility index (Phi) is 5.93. The SMILES string of the molecule is O=C(O)[C@H]1OC(OC2O[C@H](C(=O)O)[C@@H](O)[C@H](O)[C@H]2O)[C@H](O)[C@@H](O)[C@@H]1O. The molecule has 144 valence electrons. The van der Waals surface area contributed by atoms with Gasteiger partial charge < -0.3 is 55.1 Å². The lowest BCUT2D eigenvalue weighted by atomic mass is 9.98. The van der Waals surface area contributed by atoms with Gasteiger partial charge in [-0.25, -0.2) is 9.59 Å². The molecule has 2 aliphatic heterocycles. The van der Waals surface area contributed by atoms with Crippen LogP contribution in [0.4, 0.5) is 0 Å². The van der Waals surface area contributed by atoms with Crippen molar-refractivity contribution in [2.45, 2.75) is 61.4 Å². The Morgan fingerprint density at radius 2 is 0.920 bits per heavy atom. The topological polar surface area (TPSA) is 224 Å². The van der Waals surface area contributed by atoms with Crippen molar-refractivity contribution in [3.8, 4) is 0 Å². The van der Waals surface area contributed by atoms with E-state index in [2.05, 4.69) is 0 Å². The molecule has 0 aromatic rings. The van der Waals surface area contributed by atoms with Gasteiger partial charge in [0.1, 0.15) is 36.6 Å². The van der Waals surface area contributed by atoms with Crippen molar-refractivity contribution in [1.82, 2.24) is 0 Å². The molecule has 0 aromatic carbocycles. The standard InChI is InChI=1S/C12H18O13/c13-1-3(15)7(9(19)20)23-11(5(1)17)25-12-6(18)2(14)4(16)8(24-12)10(21)22/h1-8,11-18H,(H,19,20)(H,21,22)/t1-,2-,3-,4-,5+,6+,7-,8-,11?,12?/m0/s1. The summed E-state index contributed by atoms with van der Waals surface area (Å²) in [6.45, 7) is 0. The van der Waals surface area contributed by atoms with E-state index in [0.717, 1.165) is 0 Å². The monoisotopic (exact) mass is 370 g/mol. The lowest BCUT2D eigenvalue weighted by Crippen LogP contribution is -2.64. The number of hydrogen-bond acceptors (Lipinski definition) is 11. The summed E-state index contributed by atoms with van der Waals surface area (Å²) >= 11 is 0. The molecule has 2 unspecified atom stereocenters. The molecule has 0 bridgehead atoms. The highest BCUT2D eigenvalue weighted by atomic mass is 16.8. The molecule has 8 N–H and O–H groups in total. The molecule has 0 saturated carbocycles. The molecule has 2 rings (SSSR count). The van der Waals surface area contributed by atoms with Gasteiger partial charge in [0, 0.05) is 0 Å². The Balaban J connectivity index is 2.15. The molecule has 13 heteroatoms. The van der Waals surface area contributed by atoms with E-state index in [1.165, 1.54) is 0 Å². The third-order valence-electron chi connectivity index (χ3n) is 3.89. The van der Waals surface area contributed by atoms with Crippen molar-refractivity contribution in [3.63, 3.8) is 0 Å². The molecule has 0 aliphatic carbocycles. The Hall–Kier alpha value is -1.42. The maximum absolute atomic E-state index is 11.0. The first kappa shape index (κ1) is 19.9. The van der Waals surface area contributed by atoms with Crippen LogP contribution in [-0.4, -0.2) is 114 Å². The number of carboxylic acid groups (broad SMARTS) is 2. The normalized spacial score (nSPS) is 48.1. The quantitative estimate of drug-likeness (QED) is 0.232. The molecular formula is C12H18O13. The molecule has 2 fully saturated rings. The number of aliphatic hydroxyl groups excluding tert-OH is 6. The van der Waals surface area contributed by atoms with E-state index >= 15 is 0 Å². The number of carbonyl (C=O) groups is 2. The molecule has 0 aromatic heterocycles. The largest absolute Gasteiger partial charge is 0.479 e. The van der Waals surface area contributed by atoms with Crippen LogP contribution in [0.5, 0.6) is 0 Å². The van der Waals surface area contributed by atoms with Crippen LogP contribution in [0.2, 0.25) is 0 Å². The molecule has 25 heavy (non-hydrogen) atoms. The minimum atomic E-state index is -1.99. The zero-order chi connectivity index (χ0) is 19.0. The Morgan fingerprint density at radius 1 is 0.600 bits per heavy atom. The highest BCUT2D eigenvalue weighted by molar-refractivity contribution is 5.73. The fourth-order valence-corrected chi connectivity index (χ4v) is 2.46. The number of ether oxygens (including phenoxy) is 3. The third kappa shape index (κ3) is 3.74. The molecular weight excluding hydrogens is 352 g/mol. The van der Waals surface area contributed by atoms with Crippen LogP contribution in [0, 0.1) is 0 Å². The summed E-state index contributed by atoms with van der Waals surface area (Å²) < 4.78 is 14.5. The van der Waals surface area contributed by atoms with Crippen molar-refractivity contribution in [3.05, 3.63) is 0 Å². The first-order valence-corrected chi connectivity index (χ1v) is 7.06. The van der Waals surface area contributed by atoms with E-state index in [1.54, 1.807) is 0 Å². The molecule has 0 amide bonds. The maximum Gasteiger partial charge on any atom is 0.335 e. The summed E-state index contributed by atoms with van der Waals surface area (Å²) in [6.07, 6.45) is -19.8. The number of aliphatic hydroxyl groups is 6. The first-order chi connectivity index (χ1) is 11.6. The van der Waals surface area contributed by atoms with Gasteiger partial charge in [-0.05, 0) is 0 Å². The van der Waals surface area contributed by atoms with Gasteiger partial charge >= 0.3 is 11.9 Å². The summed E-state index contributed by atoms with van der Waals surface area (Å²) in [5.74, 6) is -3.37. The third-order valence-corrected chi connectivity index (χ3v) is 3.89. The molecule has 2 aliphatic rings. The lowest BCUT2D eigenvalue weighted by molar-refractivity contribution is -0.368. The van der Waals surface area contributed by atoms with E-state index in [0.29, 0.717) is 0 Å². The van der Waals surface area contributed by atoms with Gasteiger partial charge in [0.15, 0.2) is 24.8 Å². The molecule has 10 atom stereocenters. The Morgan fingerprint density at radius 3 is 1.20 bits per heavy atom. The smallest absolute Gasteiger partial charge is 0.335 e. The maximum atomic E-state index is 11.0. The molecule has 2 heterocycles. The van der Waals surface area contributed by atoms with Crippen molar-refractivity contribution >= 4 is 11.9 Å².